The molecule has 0 saturated carbocycles. The molecule has 0 aromatic heterocycles. The average Bonchev–Trinajstić information content (AvgIpc) is 2.51. The second-order valence-corrected chi connectivity index (χ2v) is 3.32. The number of nitrogens with two attached hydrogens (primary N) is 2. The second-order valence-electron chi connectivity index (χ2n) is 3.32. The molecule has 2 unspecified atom stereocenters. The number of rotatable bonds is 4. The fraction of sp³-hybridized carbons (Fsp3) is 0.875. The highest BCUT2D eigenvalue weighted by Gasteiger charge is 2.18. The third kappa shape index (κ3) is 2.79. The van der Waals surface area contributed by atoms with E-state index in [9.17, 15) is 4.79 Å². The van der Waals surface area contributed by atoms with Crippen LogP contribution in [0, 0.1) is 5.92 Å². The zero-order valence-electron chi connectivity index (χ0n) is 7.16. The summed E-state index contributed by atoms with van der Waals surface area (Å²) >= 11 is 0. The maximum absolute atomic E-state index is 10.6. The zero-order valence-corrected chi connectivity index (χ0v) is 7.16. The van der Waals surface area contributed by atoms with Crippen LogP contribution in [0.15, 0.2) is 0 Å². The number of hydrogen-bond donors (Lipinski definition) is 2. The summed E-state index contributed by atoms with van der Waals surface area (Å²) in [6.07, 6.45) is 2.72. The maximum Gasteiger partial charge on any atom is 0.234 e. The van der Waals surface area contributed by atoms with Gasteiger partial charge in [-0.2, -0.15) is 0 Å². The topological polar surface area (TPSA) is 78.3 Å². The van der Waals surface area contributed by atoms with Gasteiger partial charge < -0.3 is 16.2 Å². The molecule has 0 spiro atoms. The highest BCUT2D eigenvalue weighted by molar-refractivity contribution is 5.79. The first kappa shape index (κ1) is 9.48. The molecule has 4 nitrogen and oxygen atoms in total. The predicted molar refractivity (Wildman–Crippen MR) is 45.3 cm³/mol. The van der Waals surface area contributed by atoms with Crippen molar-refractivity contribution in [3.05, 3.63) is 0 Å². The molecule has 4 N–H and O–H groups in total. The largest absolute Gasteiger partial charge is 0.381 e. The molecular weight excluding hydrogens is 156 g/mol. The van der Waals surface area contributed by atoms with E-state index in [2.05, 4.69) is 0 Å². The number of carbonyl (C=O) groups is 1. The number of hydrogen-bond acceptors (Lipinski definition) is 3. The van der Waals surface area contributed by atoms with Crippen LogP contribution >= 0.6 is 0 Å². The molecule has 1 saturated heterocycles. The average molecular weight is 172 g/mol. The Morgan fingerprint density at radius 2 is 2.42 bits per heavy atom. The van der Waals surface area contributed by atoms with Gasteiger partial charge in [0.05, 0.1) is 6.04 Å². The lowest BCUT2D eigenvalue weighted by atomic mass is 9.99. The van der Waals surface area contributed by atoms with Crippen molar-refractivity contribution in [2.24, 2.45) is 17.4 Å². The standard InChI is InChI=1S/C8H16N2O2/c9-7(8(10)11)2-1-6-3-4-12-5-6/h6-7H,1-5,9H2,(H2,10,11). The van der Waals surface area contributed by atoms with Gasteiger partial charge in [-0.25, -0.2) is 0 Å². The van der Waals surface area contributed by atoms with E-state index in [4.69, 9.17) is 16.2 Å². The summed E-state index contributed by atoms with van der Waals surface area (Å²) in [6.45, 7) is 1.65. The van der Waals surface area contributed by atoms with E-state index >= 15 is 0 Å². The zero-order chi connectivity index (χ0) is 8.97. The Labute approximate surface area is 72.2 Å². The van der Waals surface area contributed by atoms with Crippen LogP contribution in [0.2, 0.25) is 0 Å². The molecule has 4 heteroatoms. The smallest absolute Gasteiger partial charge is 0.234 e. The van der Waals surface area contributed by atoms with Gasteiger partial charge >= 0.3 is 0 Å². The van der Waals surface area contributed by atoms with Crippen LogP contribution in [0.25, 0.3) is 0 Å². The second kappa shape index (κ2) is 4.42. The summed E-state index contributed by atoms with van der Waals surface area (Å²) in [5.41, 5.74) is 10.5. The van der Waals surface area contributed by atoms with E-state index in [1.165, 1.54) is 0 Å². The number of primary amides is 1. The van der Waals surface area contributed by atoms with Crippen molar-refractivity contribution in [1.29, 1.82) is 0 Å². The molecule has 0 bridgehead atoms. The van der Waals surface area contributed by atoms with Crippen LogP contribution in [-0.4, -0.2) is 25.2 Å². The van der Waals surface area contributed by atoms with Crippen molar-refractivity contribution in [2.75, 3.05) is 13.2 Å². The molecule has 1 amide bonds. The van der Waals surface area contributed by atoms with Crippen LogP contribution in [0.5, 0.6) is 0 Å². The minimum atomic E-state index is -0.481. The Bertz CT molecular complexity index is 155. The van der Waals surface area contributed by atoms with E-state index in [0.717, 1.165) is 26.1 Å². The van der Waals surface area contributed by atoms with Gasteiger partial charge in [0.15, 0.2) is 0 Å². The van der Waals surface area contributed by atoms with Gasteiger partial charge in [-0.1, -0.05) is 0 Å². The van der Waals surface area contributed by atoms with Gasteiger partial charge in [0.25, 0.3) is 0 Å². The Kier molecular flexibility index (Phi) is 3.49. The number of amides is 1. The lowest BCUT2D eigenvalue weighted by Gasteiger charge is -2.10. The highest BCUT2D eigenvalue weighted by Crippen LogP contribution is 2.18. The van der Waals surface area contributed by atoms with Crippen molar-refractivity contribution in [3.63, 3.8) is 0 Å². The molecule has 0 aromatic carbocycles. The fourth-order valence-corrected chi connectivity index (χ4v) is 1.37. The molecular formula is C8H16N2O2. The Morgan fingerprint density at radius 3 is 2.92 bits per heavy atom. The summed E-state index contributed by atoms with van der Waals surface area (Å²) in [5.74, 6) is 0.171. The summed E-state index contributed by atoms with van der Waals surface area (Å²) in [7, 11) is 0. The van der Waals surface area contributed by atoms with Gasteiger partial charge in [-0.15, -0.1) is 0 Å². The summed E-state index contributed by atoms with van der Waals surface area (Å²) in [4.78, 5) is 10.6. The minimum Gasteiger partial charge on any atom is -0.381 e. The predicted octanol–water partition coefficient (Wildman–Crippen LogP) is -0.384. The lowest BCUT2D eigenvalue weighted by Crippen LogP contribution is -2.36. The summed E-state index contributed by atoms with van der Waals surface area (Å²) < 4.78 is 5.19. The Balaban J connectivity index is 2.11. The van der Waals surface area contributed by atoms with Gasteiger partial charge in [0.1, 0.15) is 0 Å². The fourth-order valence-electron chi connectivity index (χ4n) is 1.37. The minimum absolute atomic E-state index is 0.408. The van der Waals surface area contributed by atoms with Crippen LogP contribution in [0.4, 0.5) is 0 Å². The first-order valence-corrected chi connectivity index (χ1v) is 4.33. The molecule has 70 valence electrons. The van der Waals surface area contributed by atoms with E-state index in [1.54, 1.807) is 0 Å². The molecule has 2 atom stereocenters. The Hall–Kier alpha value is -0.610. The third-order valence-corrected chi connectivity index (χ3v) is 2.28. The molecule has 1 aliphatic rings. The van der Waals surface area contributed by atoms with Gasteiger partial charge in [0.2, 0.25) is 5.91 Å². The van der Waals surface area contributed by atoms with Crippen LogP contribution < -0.4 is 11.5 Å². The lowest BCUT2D eigenvalue weighted by molar-refractivity contribution is -0.119. The molecule has 0 aliphatic carbocycles. The van der Waals surface area contributed by atoms with Crippen molar-refractivity contribution in [3.8, 4) is 0 Å². The van der Waals surface area contributed by atoms with Crippen LogP contribution in [0.1, 0.15) is 19.3 Å². The molecule has 12 heavy (non-hydrogen) atoms. The molecule has 1 heterocycles. The third-order valence-electron chi connectivity index (χ3n) is 2.28. The Morgan fingerprint density at radius 1 is 1.67 bits per heavy atom. The maximum atomic E-state index is 10.6. The SMILES string of the molecule is NC(=O)C(N)CCC1CCOC1. The van der Waals surface area contributed by atoms with Crippen molar-refractivity contribution < 1.29 is 9.53 Å². The van der Waals surface area contributed by atoms with E-state index in [0.29, 0.717) is 12.3 Å². The van der Waals surface area contributed by atoms with E-state index in [-0.39, 0.29) is 0 Å². The normalized spacial score (nSPS) is 25.6. The van der Waals surface area contributed by atoms with Gasteiger partial charge in [-0.05, 0) is 25.2 Å². The first-order chi connectivity index (χ1) is 5.70. The summed E-state index contributed by atoms with van der Waals surface area (Å²) in [6, 6.07) is -0.481. The van der Waals surface area contributed by atoms with Crippen molar-refractivity contribution in [2.45, 2.75) is 25.3 Å². The molecule has 1 aliphatic heterocycles. The summed E-state index contributed by atoms with van der Waals surface area (Å²) in [5, 5.41) is 0. The molecule has 1 rings (SSSR count). The van der Waals surface area contributed by atoms with Crippen LogP contribution in [0.3, 0.4) is 0 Å². The molecule has 1 fully saturated rings. The van der Waals surface area contributed by atoms with Crippen molar-refractivity contribution >= 4 is 5.91 Å². The quantitative estimate of drug-likeness (QED) is 0.606. The monoisotopic (exact) mass is 172 g/mol. The van der Waals surface area contributed by atoms with E-state index in [1.807, 2.05) is 0 Å². The van der Waals surface area contributed by atoms with Crippen molar-refractivity contribution in [1.82, 2.24) is 0 Å². The number of ether oxygens (including phenoxy) is 1. The van der Waals surface area contributed by atoms with Gasteiger partial charge in [0, 0.05) is 13.2 Å². The highest BCUT2D eigenvalue weighted by atomic mass is 16.5. The van der Waals surface area contributed by atoms with Gasteiger partial charge in [-0.3, -0.25) is 4.79 Å². The molecule has 0 radical (unpaired) electrons. The molecule has 0 aromatic rings. The first-order valence-electron chi connectivity index (χ1n) is 4.33. The van der Waals surface area contributed by atoms with Crippen LogP contribution in [-0.2, 0) is 9.53 Å². The number of carbonyl (C=O) groups excluding carboxylic acids is 1. The van der Waals surface area contributed by atoms with E-state index < -0.39 is 11.9 Å².